The van der Waals surface area contributed by atoms with Crippen molar-refractivity contribution in [3.05, 3.63) is 35.9 Å². The van der Waals surface area contributed by atoms with Gasteiger partial charge < -0.3 is 10.1 Å². The second-order valence-electron chi connectivity index (χ2n) is 5.62. The lowest BCUT2D eigenvalue weighted by Crippen LogP contribution is -2.33. The number of hydrogen-bond donors (Lipinski definition) is 1. The van der Waals surface area contributed by atoms with Crippen LogP contribution in [0.25, 0.3) is 0 Å². The number of anilines is 1. The zero-order valence-corrected chi connectivity index (χ0v) is 13.6. The minimum atomic E-state index is 0.306. The molecule has 1 unspecified atom stereocenters. The lowest BCUT2D eigenvalue weighted by Gasteiger charge is -2.35. The van der Waals surface area contributed by atoms with E-state index in [1.165, 1.54) is 12.8 Å². The van der Waals surface area contributed by atoms with Crippen LogP contribution in [0.1, 0.15) is 36.6 Å². The highest BCUT2D eigenvalue weighted by Crippen LogP contribution is 2.31. The van der Waals surface area contributed by atoms with Crippen LogP contribution in [0, 0.1) is 0 Å². The first kappa shape index (κ1) is 15.6. The van der Waals surface area contributed by atoms with E-state index in [2.05, 4.69) is 30.2 Å². The molecular formula is C16H22N6O. The molecule has 23 heavy (non-hydrogen) atoms. The van der Waals surface area contributed by atoms with Gasteiger partial charge >= 0.3 is 6.01 Å². The number of nitrogens with one attached hydrogen (secondary N) is 1. The highest BCUT2D eigenvalue weighted by atomic mass is 16.5. The van der Waals surface area contributed by atoms with Crippen molar-refractivity contribution in [3.63, 3.8) is 0 Å². The quantitative estimate of drug-likeness (QED) is 0.905. The SMILES string of the molecule is CNc1nccc(C2CCCCN2Cc2cnc(OC)nc2)n1. The van der Waals surface area contributed by atoms with Crippen LogP contribution in [0.15, 0.2) is 24.7 Å². The molecule has 0 saturated carbocycles. The van der Waals surface area contributed by atoms with Crippen molar-refractivity contribution in [1.29, 1.82) is 0 Å². The van der Waals surface area contributed by atoms with Gasteiger partial charge in [-0.3, -0.25) is 4.90 Å². The summed E-state index contributed by atoms with van der Waals surface area (Å²) >= 11 is 0. The second kappa shape index (κ2) is 7.32. The molecular weight excluding hydrogens is 292 g/mol. The topological polar surface area (TPSA) is 76.1 Å². The van der Waals surface area contributed by atoms with Gasteiger partial charge in [-0.1, -0.05) is 6.42 Å². The lowest BCUT2D eigenvalue weighted by molar-refractivity contribution is 0.137. The van der Waals surface area contributed by atoms with E-state index in [0.717, 1.165) is 30.8 Å². The maximum absolute atomic E-state index is 5.02. The van der Waals surface area contributed by atoms with Gasteiger partial charge in [-0.2, -0.15) is 0 Å². The maximum atomic E-state index is 5.02. The Hall–Kier alpha value is -2.28. The van der Waals surface area contributed by atoms with Crippen molar-refractivity contribution in [2.75, 3.05) is 26.0 Å². The number of aromatic nitrogens is 4. The molecule has 1 N–H and O–H groups in total. The van der Waals surface area contributed by atoms with Crippen LogP contribution >= 0.6 is 0 Å². The Bertz CT molecular complexity index is 633. The summed E-state index contributed by atoms with van der Waals surface area (Å²) in [6, 6.07) is 2.72. The first-order chi connectivity index (χ1) is 11.3. The number of methoxy groups -OCH3 is 1. The number of likely N-dealkylation sites (tertiary alicyclic amines) is 1. The van der Waals surface area contributed by atoms with Gasteiger partial charge in [-0.05, 0) is 25.5 Å². The summed E-state index contributed by atoms with van der Waals surface area (Å²) in [5, 5.41) is 3.01. The summed E-state index contributed by atoms with van der Waals surface area (Å²) in [5.41, 5.74) is 2.15. The number of rotatable bonds is 5. The predicted octanol–water partition coefficient (Wildman–Crippen LogP) is 2.04. The number of ether oxygens (including phenoxy) is 1. The minimum absolute atomic E-state index is 0.306. The van der Waals surface area contributed by atoms with E-state index < -0.39 is 0 Å². The van der Waals surface area contributed by atoms with Gasteiger partial charge in [-0.15, -0.1) is 0 Å². The Kier molecular flexibility index (Phi) is 4.97. The van der Waals surface area contributed by atoms with E-state index in [0.29, 0.717) is 18.0 Å². The van der Waals surface area contributed by atoms with Crippen LogP contribution in [0.3, 0.4) is 0 Å². The Morgan fingerprint density at radius 3 is 2.83 bits per heavy atom. The van der Waals surface area contributed by atoms with Crippen molar-refractivity contribution in [2.45, 2.75) is 31.8 Å². The highest BCUT2D eigenvalue weighted by molar-refractivity contribution is 5.25. The zero-order valence-electron chi connectivity index (χ0n) is 13.6. The molecule has 1 fully saturated rings. The van der Waals surface area contributed by atoms with Gasteiger partial charge in [0.1, 0.15) is 0 Å². The summed E-state index contributed by atoms with van der Waals surface area (Å²) in [7, 11) is 3.41. The third-order valence-electron chi connectivity index (χ3n) is 4.11. The second-order valence-corrected chi connectivity index (χ2v) is 5.62. The smallest absolute Gasteiger partial charge is 0.316 e. The van der Waals surface area contributed by atoms with E-state index in [1.54, 1.807) is 7.11 Å². The number of piperidine rings is 1. The molecule has 3 rings (SSSR count). The molecule has 2 aromatic rings. The molecule has 1 atom stereocenters. The van der Waals surface area contributed by atoms with Gasteiger partial charge in [0.05, 0.1) is 18.8 Å². The molecule has 3 heterocycles. The van der Waals surface area contributed by atoms with Crippen molar-refractivity contribution in [2.24, 2.45) is 0 Å². The molecule has 0 aliphatic carbocycles. The number of nitrogens with zero attached hydrogens (tertiary/aromatic N) is 5. The van der Waals surface area contributed by atoms with Crippen LogP contribution in [-0.2, 0) is 6.54 Å². The third kappa shape index (κ3) is 3.73. The molecule has 0 aromatic carbocycles. The fraction of sp³-hybridized carbons (Fsp3) is 0.500. The molecule has 1 saturated heterocycles. The van der Waals surface area contributed by atoms with Crippen molar-refractivity contribution in [3.8, 4) is 6.01 Å². The summed E-state index contributed by atoms with van der Waals surface area (Å²) in [4.78, 5) is 19.7. The molecule has 2 aromatic heterocycles. The van der Waals surface area contributed by atoms with Crippen LogP contribution in [0.2, 0.25) is 0 Å². The van der Waals surface area contributed by atoms with Crippen LogP contribution < -0.4 is 10.1 Å². The molecule has 7 heteroatoms. The van der Waals surface area contributed by atoms with Crippen LogP contribution in [0.5, 0.6) is 6.01 Å². The van der Waals surface area contributed by atoms with Gasteiger partial charge in [0, 0.05) is 37.7 Å². The van der Waals surface area contributed by atoms with Crippen LogP contribution in [-0.4, -0.2) is 45.5 Å². The van der Waals surface area contributed by atoms with Crippen molar-refractivity contribution >= 4 is 5.95 Å². The summed E-state index contributed by atoms with van der Waals surface area (Å²) in [6.45, 7) is 1.86. The lowest BCUT2D eigenvalue weighted by atomic mass is 9.98. The molecule has 0 amide bonds. The predicted molar refractivity (Wildman–Crippen MR) is 87.2 cm³/mol. The standard InChI is InChI=1S/C16H22N6O/c1-17-15-18-7-6-13(21-15)14-5-3-4-8-22(14)11-12-9-19-16(23-2)20-10-12/h6-7,9-10,14H,3-5,8,11H2,1-2H3,(H,17,18,21). The number of hydrogen-bond acceptors (Lipinski definition) is 7. The summed E-state index contributed by atoms with van der Waals surface area (Å²) in [5.74, 6) is 0.667. The first-order valence-corrected chi connectivity index (χ1v) is 7.90. The Morgan fingerprint density at radius 1 is 1.26 bits per heavy atom. The van der Waals surface area contributed by atoms with Crippen LogP contribution in [0.4, 0.5) is 5.95 Å². The molecule has 0 bridgehead atoms. The molecule has 0 spiro atoms. The van der Waals surface area contributed by atoms with E-state index in [-0.39, 0.29) is 0 Å². The minimum Gasteiger partial charge on any atom is -0.467 e. The Morgan fingerprint density at radius 2 is 2.09 bits per heavy atom. The summed E-state index contributed by atoms with van der Waals surface area (Å²) in [6.07, 6.45) is 9.01. The van der Waals surface area contributed by atoms with Gasteiger partial charge in [0.25, 0.3) is 0 Å². The fourth-order valence-corrected chi connectivity index (χ4v) is 2.96. The maximum Gasteiger partial charge on any atom is 0.316 e. The largest absolute Gasteiger partial charge is 0.467 e. The average Bonchev–Trinajstić information content (AvgIpc) is 2.63. The van der Waals surface area contributed by atoms with Gasteiger partial charge in [0.15, 0.2) is 0 Å². The molecule has 122 valence electrons. The molecule has 7 nitrogen and oxygen atoms in total. The Balaban J connectivity index is 1.77. The zero-order chi connectivity index (χ0) is 16.1. The van der Waals surface area contributed by atoms with Gasteiger partial charge in [-0.25, -0.2) is 19.9 Å². The van der Waals surface area contributed by atoms with Gasteiger partial charge in [0.2, 0.25) is 5.95 Å². The summed E-state index contributed by atoms with van der Waals surface area (Å²) < 4.78 is 5.02. The van der Waals surface area contributed by atoms with E-state index in [1.807, 2.05) is 31.7 Å². The highest BCUT2D eigenvalue weighted by Gasteiger charge is 2.25. The van der Waals surface area contributed by atoms with Crippen molar-refractivity contribution in [1.82, 2.24) is 24.8 Å². The van der Waals surface area contributed by atoms with E-state index >= 15 is 0 Å². The molecule has 1 aliphatic rings. The van der Waals surface area contributed by atoms with E-state index in [4.69, 9.17) is 4.74 Å². The fourth-order valence-electron chi connectivity index (χ4n) is 2.96. The third-order valence-corrected chi connectivity index (χ3v) is 4.11. The monoisotopic (exact) mass is 314 g/mol. The van der Waals surface area contributed by atoms with Crippen molar-refractivity contribution < 1.29 is 4.74 Å². The first-order valence-electron chi connectivity index (χ1n) is 7.90. The average molecular weight is 314 g/mol. The Labute approximate surface area is 136 Å². The normalized spacial score (nSPS) is 18.6. The molecule has 1 aliphatic heterocycles. The molecule has 0 radical (unpaired) electrons. The van der Waals surface area contributed by atoms with E-state index in [9.17, 15) is 0 Å².